The van der Waals surface area contributed by atoms with Gasteiger partial charge in [0.2, 0.25) is 12.0 Å². The summed E-state index contributed by atoms with van der Waals surface area (Å²) < 4.78 is 28.5. The Kier molecular flexibility index (Phi) is 4.90. The van der Waals surface area contributed by atoms with E-state index in [9.17, 15) is 0 Å². The number of hydrogen-bond acceptors (Lipinski definition) is 7. The van der Waals surface area contributed by atoms with Gasteiger partial charge in [-0.3, -0.25) is 0 Å². The molecule has 0 N–H and O–H groups in total. The van der Waals surface area contributed by atoms with Gasteiger partial charge in [0, 0.05) is 22.6 Å². The first kappa shape index (κ1) is 19.6. The van der Waals surface area contributed by atoms with Crippen LogP contribution in [-0.2, 0) is 0 Å². The molecule has 31 heavy (non-hydrogen) atoms. The van der Waals surface area contributed by atoms with Crippen LogP contribution in [0.4, 0.5) is 0 Å². The molecule has 8 heteroatoms. The molecule has 0 spiro atoms. The highest BCUT2D eigenvalue weighted by atomic mass is 35.5. The summed E-state index contributed by atoms with van der Waals surface area (Å²) in [5, 5.41) is 7.46. The van der Waals surface area contributed by atoms with Crippen LogP contribution in [0.3, 0.4) is 0 Å². The van der Waals surface area contributed by atoms with Crippen LogP contribution in [0.15, 0.2) is 58.2 Å². The minimum atomic E-state index is -0.500. The lowest BCUT2D eigenvalue weighted by atomic mass is 9.97. The standard InChI is InChI=1S/C23H21ClN2O5/c1-27-20-9-13(10-21(28-2)22(20)29-3)23-26-17(12-16(25-26)19-5-4-8-30-19)15-11-14(24)6-7-18(15)31-23/h4-11,17,23H,12H2,1-3H3/t17-,23+/m1/s1. The van der Waals surface area contributed by atoms with Gasteiger partial charge in [0.25, 0.3) is 0 Å². The van der Waals surface area contributed by atoms with Crippen LogP contribution in [0, 0.1) is 0 Å². The molecule has 0 saturated heterocycles. The van der Waals surface area contributed by atoms with Crippen molar-refractivity contribution in [3.63, 3.8) is 0 Å². The molecule has 3 aromatic rings. The zero-order chi connectivity index (χ0) is 21.5. The molecule has 0 bridgehead atoms. The highest BCUT2D eigenvalue weighted by Crippen LogP contribution is 2.50. The van der Waals surface area contributed by atoms with Crippen molar-refractivity contribution in [1.82, 2.24) is 5.01 Å². The number of hydrogen-bond donors (Lipinski definition) is 0. The molecule has 0 aliphatic carbocycles. The van der Waals surface area contributed by atoms with E-state index in [1.165, 1.54) is 0 Å². The normalized spacial score (nSPS) is 19.2. The summed E-state index contributed by atoms with van der Waals surface area (Å²) in [5.41, 5.74) is 2.66. The summed E-state index contributed by atoms with van der Waals surface area (Å²) >= 11 is 6.29. The van der Waals surface area contributed by atoms with Gasteiger partial charge < -0.3 is 23.4 Å². The summed E-state index contributed by atoms with van der Waals surface area (Å²) in [7, 11) is 4.76. The molecule has 0 fully saturated rings. The largest absolute Gasteiger partial charge is 0.493 e. The van der Waals surface area contributed by atoms with Crippen molar-refractivity contribution in [2.45, 2.75) is 18.7 Å². The zero-order valence-electron chi connectivity index (χ0n) is 17.3. The highest BCUT2D eigenvalue weighted by molar-refractivity contribution is 6.30. The van der Waals surface area contributed by atoms with Crippen LogP contribution < -0.4 is 18.9 Å². The number of methoxy groups -OCH3 is 3. The third-order valence-electron chi connectivity index (χ3n) is 5.53. The quantitative estimate of drug-likeness (QED) is 0.543. The van der Waals surface area contributed by atoms with E-state index < -0.39 is 6.23 Å². The van der Waals surface area contributed by atoms with Gasteiger partial charge in [-0.15, -0.1) is 0 Å². The molecular weight excluding hydrogens is 420 g/mol. The molecule has 5 rings (SSSR count). The van der Waals surface area contributed by atoms with Crippen LogP contribution in [0.1, 0.15) is 35.6 Å². The fraction of sp³-hybridized carbons (Fsp3) is 0.261. The van der Waals surface area contributed by atoms with Gasteiger partial charge >= 0.3 is 0 Å². The minimum absolute atomic E-state index is 0.0494. The number of furan rings is 1. The Morgan fingerprint density at radius 1 is 1.03 bits per heavy atom. The van der Waals surface area contributed by atoms with Crippen LogP contribution in [0.5, 0.6) is 23.0 Å². The van der Waals surface area contributed by atoms with E-state index in [0.717, 1.165) is 28.3 Å². The Hall–Kier alpha value is -3.32. The van der Waals surface area contributed by atoms with Crippen molar-refractivity contribution >= 4 is 17.3 Å². The van der Waals surface area contributed by atoms with E-state index in [-0.39, 0.29) is 6.04 Å². The van der Waals surface area contributed by atoms with Gasteiger partial charge in [-0.05, 0) is 42.5 Å². The predicted molar refractivity (Wildman–Crippen MR) is 115 cm³/mol. The number of fused-ring (bicyclic) bond motifs is 3. The second-order valence-electron chi connectivity index (χ2n) is 7.23. The number of halogens is 1. The second-order valence-corrected chi connectivity index (χ2v) is 7.67. The molecule has 2 aliphatic rings. The predicted octanol–water partition coefficient (Wildman–Crippen LogP) is 5.20. The summed E-state index contributed by atoms with van der Waals surface area (Å²) in [6.45, 7) is 0. The second kappa shape index (κ2) is 7.74. The van der Waals surface area contributed by atoms with Crippen molar-refractivity contribution in [3.8, 4) is 23.0 Å². The maximum absolute atomic E-state index is 6.40. The van der Waals surface area contributed by atoms with Crippen molar-refractivity contribution in [2.24, 2.45) is 5.10 Å². The summed E-state index contributed by atoms with van der Waals surface area (Å²) in [5.74, 6) is 3.12. The third-order valence-corrected chi connectivity index (χ3v) is 5.76. The summed E-state index contributed by atoms with van der Waals surface area (Å²) in [6, 6.07) is 13.1. The lowest BCUT2D eigenvalue weighted by molar-refractivity contribution is -0.0192. The Balaban J connectivity index is 1.64. The molecule has 2 aliphatic heterocycles. The van der Waals surface area contributed by atoms with E-state index in [2.05, 4.69) is 0 Å². The monoisotopic (exact) mass is 440 g/mol. The van der Waals surface area contributed by atoms with E-state index in [1.807, 2.05) is 47.5 Å². The number of nitrogens with zero attached hydrogens (tertiary/aromatic N) is 2. The van der Waals surface area contributed by atoms with Crippen LogP contribution in [0.25, 0.3) is 0 Å². The maximum Gasteiger partial charge on any atom is 0.214 e. The van der Waals surface area contributed by atoms with Gasteiger partial charge in [0.05, 0.1) is 33.6 Å². The van der Waals surface area contributed by atoms with E-state index >= 15 is 0 Å². The molecular formula is C23H21ClN2O5. The first-order valence-corrected chi connectivity index (χ1v) is 10.2. The van der Waals surface area contributed by atoms with E-state index in [0.29, 0.717) is 28.7 Å². The number of rotatable bonds is 5. The Bertz CT molecular complexity index is 1120. The molecule has 3 heterocycles. The zero-order valence-corrected chi connectivity index (χ0v) is 18.1. The molecule has 0 saturated carbocycles. The van der Waals surface area contributed by atoms with Gasteiger partial charge in [0.1, 0.15) is 17.2 Å². The van der Waals surface area contributed by atoms with Gasteiger partial charge in [-0.2, -0.15) is 5.10 Å². The fourth-order valence-corrected chi connectivity index (χ4v) is 4.29. The highest BCUT2D eigenvalue weighted by Gasteiger charge is 2.42. The Morgan fingerprint density at radius 3 is 2.45 bits per heavy atom. The van der Waals surface area contributed by atoms with Crippen LogP contribution in [0.2, 0.25) is 5.02 Å². The Labute approximate surface area is 184 Å². The van der Waals surface area contributed by atoms with Crippen LogP contribution >= 0.6 is 11.6 Å². The SMILES string of the molecule is COc1cc([C@@H]2Oc3ccc(Cl)cc3[C@H]3CC(c4ccco4)=NN32)cc(OC)c1OC. The Morgan fingerprint density at radius 2 is 1.81 bits per heavy atom. The first-order chi connectivity index (χ1) is 15.1. The van der Waals surface area contributed by atoms with E-state index in [1.54, 1.807) is 27.6 Å². The van der Waals surface area contributed by atoms with Crippen molar-refractivity contribution in [1.29, 1.82) is 0 Å². The number of benzene rings is 2. The van der Waals surface area contributed by atoms with Crippen molar-refractivity contribution < 1.29 is 23.4 Å². The van der Waals surface area contributed by atoms with Crippen molar-refractivity contribution in [2.75, 3.05) is 21.3 Å². The topological polar surface area (TPSA) is 65.7 Å². The third kappa shape index (κ3) is 3.25. The maximum atomic E-state index is 6.40. The molecule has 0 radical (unpaired) electrons. The molecule has 2 aromatic carbocycles. The number of hydrazone groups is 1. The lowest BCUT2D eigenvalue weighted by Crippen LogP contribution is -2.33. The van der Waals surface area contributed by atoms with Crippen LogP contribution in [-0.4, -0.2) is 32.0 Å². The minimum Gasteiger partial charge on any atom is -0.493 e. The average Bonchev–Trinajstić information content (AvgIpc) is 3.47. The molecule has 0 unspecified atom stereocenters. The molecule has 7 nitrogen and oxygen atoms in total. The number of ether oxygens (including phenoxy) is 4. The molecule has 160 valence electrons. The van der Waals surface area contributed by atoms with Gasteiger partial charge in [-0.25, -0.2) is 5.01 Å². The molecule has 0 amide bonds. The molecule has 1 aromatic heterocycles. The van der Waals surface area contributed by atoms with E-state index in [4.69, 9.17) is 40.1 Å². The van der Waals surface area contributed by atoms with Gasteiger partial charge in [0.15, 0.2) is 11.5 Å². The van der Waals surface area contributed by atoms with Gasteiger partial charge in [-0.1, -0.05) is 11.6 Å². The fourth-order valence-electron chi connectivity index (χ4n) is 4.11. The molecule has 2 atom stereocenters. The summed E-state index contributed by atoms with van der Waals surface area (Å²) in [4.78, 5) is 0. The summed E-state index contributed by atoms with van der Waals surface area (Å²) in [6.07, 6.45) is 1.82. The average molecular weight is 441 g/mol. The van der Waals surface area contributed by atoms with Crippen molar-refractivity contribution in [3.05, 3.63) is 70.6 Å². The lowest BCUT2D eigenvalue weighted by Gasteiger charge is -2.38. The first-order valence-electron chi connectivity index (χ1n) is 9.78. The smallest absolute Gasteiger partial charge is 0.214 e.